The fourth-order valence-electron chi connectivity index (χ4n) is 6.99. The summed E-state index contributed by atoms with van der Waals surface area (Å²) in [5.41, 5.74) is 6.85. The first kappa shape index (κ1) is 27.5. The van der Waals surface area contributed by atoms with Gasteiger partial charge in [-0.1, -0.05) is 140 Å². The lowest BCUT2D eigenvalue weighted by atomic mass is 9.98. The monoisotopic (exact) mass is 625 g/mol. The zero-order valence-electron chi connectivity index (χ0n) is 26.3. The van der Waals surface area contributed by atoms with Crippen LogP contribution >= 0.6 is 0 Å². The highest BCUT2D eigenvalue weighted by molar-refractivity contribution is 6.20. The van der Waals surface area contributed by atoms with Crippen LogP contribution in [0.15, 0.2) is 168 Å². The summed E-state index contributed by atoms with van der Waals surface area (Å²) in [7, 11) is 0. The highest BCUT2D eigenvalue weighted by atomic mass is 16.3. The van der Waals surface area contributed by atoms with Crippen LogP contribution in [0.25, 0.3) is 99.5 Å². The zero-order chi connectivity index (χ0) is 32.3. The third-order valence-corrected chi connectivity index (χ3v) is 9.48. The molecule has 49 heavy (non-hydrogen) atoms. The molecule has 0 spiro atoms. The van der Waals surface area contributed by atoms with Gasteiger partial charge in [-0.15, -0.1) is 0 Å². The molecule has 228 valence electrons. The summed E-state index contributed by atoms with van der Waals surface area (Å²) in [5, 5.41) is 8.95. The Balaban J connectivity index is 1.17. The summed E-state index contributed by atoms with van der Waals surface area (Å²) >= 11 is 0. The van der Waals surface area contributed by atoms with Crippen molar-refractivity contribution in [2.24, 2.45) is 0 Å². The third-order valence-electron chi connectivity index (χ3n) is 9.48. The van der Waals surface area contributed by atoms with Crippen LogP contribution in [0.4, 0.5) is 0 Å². The Morgan fingerprint density at radius 1 is 0.327 bits per heavy atom. The van der Waals surface area contributed by atoms with Crippen molar-refractivity contribution in [3.05, 3.63) is 164 Å². The first-order valence-electron chi connectivity index (χ1n) is 16.4. The molecule has 0 fully saturated rings. The molecule has 0 aliphatic rings. The van der Waals surface area contributed by atoms with Gasteiger partial charge in [-0.25, -0.2) is 15.0 Å². The Kier molecular flexibility index (Phi) is 6.15. The van der Waals surface area contributed by atoms with E-state index >= 15 is 0 Å². The average molecular weight is 626 g/mol. The minimum Gasteiger partial charge on any atom is -0.455 e. The first-order chi connectivity index (χ1) is 24.2. The van der Waals surface area contributed by atoms with Crippen LogP contribution in [0.3, 0.4) is 0 Å². The summed E-state index contributed by atoms with van der Waals surface area (Å²) < 4.78 is 6.57. The molecule has 0 saturated carbocycles. The molecule has 10 aromatic rings. The summed E-state index contributed by atoms with van der Waals surface area (Å²) in [5.74, 6) is 1.88. The van der Waals surface area contributed by atoms with E-state index in [2.05, 4.69) is 133 Å². The second-order valence-electron chi connectivity index (χ2n) is 12.5. The van der Waals surface area contributed by atoms with E-state index in [0.717, 1.165) is 60.4 Å². The van der Waals surface area contributed by atoms with Crippen molar-refractivity contribution in [2.75, 3.05) is 0 Å². The third kappa shape index (κ3) is 4.65. The minimum atomic E-state index is 0.621. The van der Waals surface area contributed by atoms with Crippen molar-refractivity contribution in [3.63, 3.8) is 0 Å². The molecule has 0 amide bonds. The molecule has 0 radical (unpaired) electrons. The van der Waals surface area contributed by atoms with Gasteiger partial charge in [0.15, 0.2) is 17.5 Å². The second-order valence-corrected chi connectivity index (χ2v) is 12.5. The van der Waals surface area contributed by atoms with Crippen LogP contribution in [0.5, 0.6) is 0 Å². The molecule has 0 atom stereocenters. The van der Waals surface area contributed by atoms with Gasteiger partial charge < -0.3 is 4.42 Å². The summed E-state index contributed by atoms with van der Waals surface area (Å²) in [4.78, 5) is 15.3. The topological polar surface area (TPSA) is 51.8 Å². The van der Waals surface area contributed by atoms with Crippen LogP contribution in [0, 0.1) is 0 Å². The van der Waals surface area contributed by atoms with E-state index in [0.29, 0.717) is 17.5 Å². The predicted octanol–water partition coefficient (Wildman–Crippen LogP) is 11.9. The van der Waals surface area contributed by atoms with Crippen molar-refractivity contribution < 1.29 is 4.42 Å². The molecule has 2 aromatic heterocycles. The van der Waals surface area contributed by atoms with Crippen LogP contribution in [-0.4, -0.2) is 15.0 Å². The standard InChI is InChI=1S/C45H27N3O/c1-2-11-30(12-3-1)43-46-44(31-21-18-29(19-22-31)35-23-20-28-10-4-5-13-32(28)24-35)48-45(47-43)40-27-39-38-25-33-14-6-7-15-34(33)26-41(38)49-42(39)37-17-9-8-16-36(37)40/h1-27H. The van der Waals surface area contributed by atoms with Gasteiger partial charge in [0.2, 0.25) is 0 Å². The fourth-order valence-corrected chi connectivity index (χ4v) is 6.99. The number of hydrogen-bond donors (Lipinski definition) is 0. The van der Waals surface area contributed by atoms with E-state index < -0.39 is 0 Å². The van der Waals surface area contributed by atoms with Crippen molar-refractivity contribution in [1.82, 2.24) is 15.0 Å². The molecular formula is C45H27N3O. The van der Waals surface area contributed by atoms with Gasteiger partial charge in [0.25, 0.3) is 0 Å². The van der Waals surface area contributed by atoms with Crippen molar-refractivity contribution in [3.8, 4) is 45.3 Å². The van der Waals surface area contributed by atoms with E-state index in [1.54, 1.807) is 0 Å². The zero-order valence-corrected chi connectivity index (χ0v) is 26.3. The number of benzene rings is 8. The number of furan rings is 1. The summed E-state index contributed by atoms with van der Waals surface area (Å²) in [6.07, 6.45) is 0. The van der Waals surface area contributed by atoms with Crippen molar-refractivity contribution in [2.45, 2.75) is 0 Å². The van der Waals surface area contributed by atoms with Crippen LogP contribution in [0.2, 0.25) is 0 Å². The predicted molar refractivity (Wildman–Crippen MR) is 201 cm³/mol. The van der Waals surface area contributed by atoms with Gasteiger partial charge in [-0.2, -0.15) is 0 Å². The van der Waals surface area contributed by atoms with E-state index in [1.165, 1.54) is 21.7 Å². The van der Waals surface area contributed by atoms with Crippen LogP contribution in [0.1, 0.15) is 0 Å². The Morgan fingerprint density at radius 2 is 0.878 bits per heavy atom. The van der Waals surface area contributed by atoms with Crippen molar-refractivity contribution in [1.29, 1.82) is 0 Å². The highest BCUT2D eigenvalue weighted by Crippen LogP contribution is 2.41. The SMILES string of the molecule is c1ccc(-c2nc(-c3ccc(-c4ccc5ccccc5c4)cc3)nc(-c3cc4c5cc6ccccc6cc5oc4c4ccccc34)n2)cc1. The summed E-state index contributed by atoms with van der Waals surface area (Å²) in [6.45, 7) is 0. The Morgan fingerprint density at radius 3 is 1.63 bits per heavy atom. The molecule has 0 aliphatic heterocycles. The van der Waals surface area contributed by atoms with Gasteiger partial charge in [0.1, 0.15) is 11.2 Å². The molecule has 0 bridgehead atoms. The van der Waals surface area contributed by atoms with Gasteiger partial charge in [0, 0.05) is 32.8 Å². The van der Waals surface area contributed by atoms with Gasteiger partial charge in [0.05, 0.1) is 0 Å². The Hall–Kier alpha value is -6.65. The fraction of sp³-hybridized carbons (Fsp3) is 0. The first-order valence-corrected chi connectivity index (χ1v) is 16.4. The number of nitrogens with zero attached hydrogens (tertiary/aromatic N) is 3. The molecule has 4 nitrogen and oxygen atoms in total. The van der Waals surface area contributed by atoms with Gasteiger partial charge in [-0.3, -0.25) is 0 Å². The second kappa shape index (κ2) is 11.0. The number of fused-ring (bicyclic) bond motifs is 7. The molecule has 0 N–H and O–H groups in total. The molecule has 0 saturated heterocycles. The molecule has 4 heteroatoms. The van der Waals surface area contributed by atoms with E-state index in [4.69, 9.17) is 19.4 Å². The van der Waals surface area contributed by atoms with Crippen molar-refractivity contribution >= 4 is 54.3 Å². The van der Waals surface area contributed by atoms with Crippen LogP contribution < -0.4 is 0 Å². The normalized spacial score (nSPS) is 11.7. The van der Waals surface area contributed by atoms with E-state index in [9.17, 15) is 0 Å². The number of rotatable bonds is 4. The largest absolute Gasteiger partial charge is 0.455 e. The smallest absolute Gasteiger partial charge is 0.164 e. The number of hydrogen-bond acceptors (Lipinski definition) is 4. The molecule has 0 unspecified atom stereocenters. The van der Waals surface area contributed by atoms with Crippen LogP contribution in [-0.2, 0) is 0 Å². The van der Waals surface area contributed by atoms with Gasteiger partial charge >= 0.3 is 0 Å². The molecule has 0 aliphatic carbocycles. The number of aromatic nitrogens is 3. The molecule has 8 aromatic carbocycles. The Labute approximate surface area is 282 Å². The Bertz CT molecular complexity index is 2870. The minimum absolute atomic E-state index is 0.621. The quantitative estimate of drug-likeness (QED) is 0.195. The van der Waals surface area contributed by atoms with Gasteiger partial charge in [-0.05, 0) is 62.3 Å². The maximum atomic E-state index is 6.57. The molecule has 10 rings (SSSR count). The lowest BCUT2D eigenvalue weighted by Crippen LogP contribution is -2.00. The maximum Gasteiger partial charge on any atom is 0.164 e. The summed E-state index contributed by atoms with van der Waals surface area (Å²) in [6, 6.07) is 57.0. The molecule has 2 heterocycles. The lowest BCUT2D eigenvalue weighted by Gasteiger charge is -2.11. The lowest BCUT2D eigenvalue weighted by molar-refractivity contribution is 0.673. The highest BCUT2D eigenvalue weighted by Gasteiger charge is 2.19. The molecular weight excluding hydrogens is 599 g/mol. The van der Waals surface area contributed by atoms with E-state index in [-0.39, 0.29) is 0 Å². The van der Waals surface area contributed by atoms with E-state index in [1.807, 2.05) is 30.3 Å². The average Bonchev–Trinajstić information content (AvgIpc) is 3.54. The maximum absolute atomic E-state index is 6.57.